The molecular formula is C11H16O3. The summed E-state index contributed by atoms with van der Waals surface area (Å²) in [6.45, 7) is 7.88. The van der Waals surface area contributed by atoms with Crippen LogP contribution in [-0.2, 0) is 0 Å². The van der Waals surface area contributed by atoms with E-state index < -0.39 is 5.97 Å². The summed E-state index contributed by atoms with van der Waals surface area (Å²) in [5, 5.41) is 8.92. The molecule has 0 bridgehead atoms. The second kappa shape index (κ2) is 3.86. The monoisotopic (exact) mass is 196 g/mol. The fourth-order valence-corrected chi connectivity index (χ4v) is 1.31. The Morgan fingerprint density at radius 1 is 1.29 bits per heavy atom. The predicted molar refractivity (Wildman–Crippen MR) is 53.8 cm³/mol. The van der Waals surface area contributed by atoms with Crippen molar-refractivity contribution < 1.29 is 14.3 Å². The van der Waals surface area contributed by atoms with Crippen LogP contribution in [0.25, 0.3) is 0 Å². The Morgan fingerprint density at radius 3 is 2.14 bits per heavy atom. The van der Waals surface area contributed by atoms with Crippen LogP contribution in [0.2, 0.25) is 0 Å². The van der Waals surface area contributed by atoms with Gasteiger partial charge in [-0.1, -0.05) is 27.7 Å². The highest BCUT2D eigenvalue weighted by molar-refractivity contribution is 5.86. The largest absolute Gasteiger partial charge is 0.475 e. The van der Waals surface area contributed by atoms with Crippen LogP contribution in [-0.4, -0.2) is 11.1 Å². The van der Waals surface area contributed by atoms with Gasteiger partial charge in [-0.3, -0.25) is 0 Å². The van der Waals surface area contributed by atoms with Crippen LogP contribution in [0.5, 0.6) is 0 Å². The Hall–Kier alpha value is -1.25. The van der Waals surface area contributed by atoms with Gasteiger partial charge in [-0.2, -0.15) is 0 Å². The third-order valence-electron chi connectivity index (χ3n) is 2.17. The van der Waals surface area contributed by atoms with Gasteiger partial charge in [0.25, 0.3) is 0 Å². The number of carbonyl (C=O) groups is 1. The first kappa shape index (κ1) is 10.8. The Balaban J connectivity index is 3.19. The van der Waals surface area contributed by atoms with Crippen LogP contribution in [0, 0.1) is 0 Å². The molecule has 0 aliphatic carbocycles. The highest BCUT2D eigenvalue weighted by atomic mass is 16.4. The van der Waals surface area contributed by atoms with Gasteiger partial charge in [0, 0.05) is 11.5 Å². The van der Waals surface area contributed by atoms with Crippen LogP contribution in [0.15, 0.2) is 10.5 Å². The SMILES string of the molecule is CC(C)c1cc(C(C)C)c(C(=O)O)o1. The second-order valence-electron chi connectivity index (χ2n) is 4.05. The lowest BCUT2D eigenvalue weighted by Gasteiger charge is -2.00. The average Bonchev–Trinajstić information content (AvgIpc) is 2.47. The number of hydrogen-bond acceptors (Lipinski definition) is 2. The van der Waals surface area contributed by atoms with E-state index in [4.69, 9.17) is 9.52 Å². The number of furan rings is 1. The van der Waals surface area contributed by atoms with E-state index in [0.717, 1.165) is 11.3 Å². The van der Waals surface area contributed by atoms with Gasteiger partial charge in [0.15, 0.2) is 0 Å². The third-order valence-corrected chi connectivity index (χ3v) is 2.17. The van der Waals surface area contributed by atoms with E-state index in [1.54, 1.807) is 0 Å². The van der Waals surface area contributed by atoms with E-state index in [0.29, 0.717) is 0 Å². The molecule has 0 unspecified atom stereocenters. The molecule has 0 aliphatic heterocycles. The van der Waals surface area contributed by atoms with Crippen molar-refractivity contribution in [3.05, 3.63) is 23.2 Å². The van der Waals surface area contributed by atoms with E-state index in [2.05, 4.69) is 0 Å². The molecule has 1 aromatic rings. The topological polar surface area (TPSA) is 50.4 Å². The molecule has 0 radical (unpaired) electrons. The van der Waals surface area contributed by atoms with Crippen molar-refractivity contribution in [2.24, 2.45) is 0 Å². The molecule has 0 aliphatic rings. The molecule has 14 heavy (non-hydrogen) atoms. The first-order valence-electron chi connectivity index (χ1n) is 4.80. The van der Waals surface area contributed by atoms with Crippen molar-refractivity contribution in [3.63, 3.8) is 0 Å². The number of hydrogen-bond donors (Lipinski definition) is 1. The molecular weight excluding hydrogens is 180 g/mol. The van der Waals surface area contributed by atoms with Gasteiger partial charge in [0.2, 0.25) is 5.76 Å². The molecule has 0 aromatic carbocycles. The fraction of sp³-hybridized carbons (Fsp3) is 0.545. The molecule has 0 amide bonds. The highest BCUT2D eigenvalue weighted by Gasteiger charge is 2.20. The Morgan fingerprint density at radius 2 is 1.86 bits per heavy atom. The maximum Gasteiger partial charge on any atom is 0.372 e. The summed E-state index contributed by atoms with van der Waals surface area (Å²) in [6.07, 6.45) is 0. The summed E-state index contributed by atoms with van der Waals surface area (Å²) >= 11 is 0. The minimum Gasteiger partial charge on any atom is -0.475 e. The molecule has 0 saturated heterocycles. The smallest absolute Gasteiger partial charge is 0.372 e. The van der Waals surface area contributed by atoms with Crippen molar-refractivity contribution in [1.82, 2.24) is 0 Å². The van der Waals surface area contributed by atoms with Gasteiger partial charge in [-0.05, 0) is 12.0 Å². The Bertz CT molecular complexity index is 334. The van der Waals surface area contributed by atoms with Gasteiger partial charge >= 0.3 is 5.97 Å². The van der Waals surface area contributed by atoms with Gasteiger partial charge in [-0.15, -0.1) is 0 Å². The molecule has 0 fully saturated rings. The first-order chi connectivity index (χ1) is 6.43. The lowest BCUT2D eigenvalue weighted by molar-refractivity contribution is 0.0658. The fourth-order valence-electron chi connectivity index (χ4n) is 1.31. The zero-order valence-electron chi connectivity index (χ0n) is 9.00. The van der Waals surface area contributed by atoms with Crippen molar-refractivity contribution in [2.45, 2.75) is 39.5 Å². The van der Waals surface area contributed by atoms with Crippen molar-refractivity contribution in [3.8, 4) is 0 Å². The standard InChI is InChI=1S/C11H16O3/c1-6(2)8-5-9(7(3)4)14-10(8)11(12)13/h5-7H,1-4H3,(H,12,13). The summed E-state index contributed by atoms with van der Waals surface area (Å²) in [7, 11) is 0. The Kier molecular flexibility index (Phi) is 2.99. The number of carboxylic acid groups (broad SMARTS) is 1. The molecule has 78 valence electrons. The van der Waals surface area contributed by atoms with E-state index in [1.807, 2.05) is 33.8 Å². The zero-order valence-corrected chi connectivity index (χ0v) is 9.00. The maximum atomic E-state index is 10.9. The molecule has 0 spiro atoms. The summed E-state index contributed by atoms with van der Waals surface area (Å²) in [4.78, 5) is 10.9. The number of aromatic carboxylic acids is 1. The highest BCUT2D eigenvalue weighted by Crippen LogP contribution is 2.27. The van der Waals surface area contributed by atoms with Gasteiger partial charge in [0.1, 0.15) is 5.76 Å². The van der Waals surface area contributed by atoms with Crippen LogP contribution < -0.4 is 0 Å². The van der Waals surface area contributed by atoms with Crippen LogP contribution in [0.3, 0.4) is 0 Å². The van der Waals surface area contributed by atoms with E-state index in [1.165, 1.54) is 0 Å². The molecule has 0 atom stereocenters. The summed E-state index contributed by atoms with van der Waals surface area (Å²) in [6, 6.07) is 1.85. The van der Waals surface area contributed by atoms with Gasteiger partial charge < -0.3 is 9.52 Å². The molecule has 1 rings (SSSR count). The van der Waals surface area contributed by atoms with Crippen LogP contribution >= 0.6 is 0 Å². The normalized spacial score (nSPS) is 11.3. The second-order valence-corrected chi connectivity index (χ2v) is 4.05. The zero-order chi connectivity index (χ0) is 10.9. The minimum atomic E-state index is -0.986. The molecule has 3 nitrogen and oxygen atoms in total. The number of carboxylic acids is 1. The van der Waals surface area contributed by atoms with Crippen molar-refractivity contribution in [2.75, 3.05) is 0 Å². The summed E-state index contributed by atoms with van der Waals surface area (Å²) in [5.41, 5.74) is 0.779. The quantitative estimate of drug-likeness (QED) is 0.807. The first-order valence-corrected chi connectivity index (χ1v) is 4.80. The molecule has 1 heterocycles. The average molecular weight is 196 g/mol. The lowest BCUT2D eigenvalue weighted by atomic mass is 10.0. The van der Waals surface area contributed by atoms with Gasteiger partial charge in [0.05, 0.1) is 0 Å². The predicted octanol–water partition coefficient (Wildman–Crippen LogP) is 3.22. The maximum absolute atomic E-state index is 10.9. The summed E-state index contributed by atoms with van der Waals surface area (Å²) < 4.78 is 5.30. The lowest BCUT2D eigenvalue weighted by Crippen LogP contribution is -1.99. The van der Waals surface area contributed by atoms with E-state index in [9.17, 15) is 4.79 Å². The van der Waals surface area contributed by atoms with Crippen LogP contribution in [0.4, 0.5) is 0 Å². The van der Waals surface area contributed by atoms with Crippen LogP contribution in [0.1, 0.15) is 61.4 Å². The van der Waals surface area contributed by atoms with E-state index in [-0.39, 0.29) is 17.6 Å². The van der Waals surface area contributed by atoms with Crippen molar-refractivity contribution in [1.29, 1.82) is 0 Å². The summed E-state index contributed by atoms with van der Waals surface area (Å²) in [5.74, 6) is 0.244. The molecule has 3 heteroatoms. The van der Waals surface area contributed by atoms with Gasteiger partial charge in [-0.25, -0.2) is 4.79 Å². The molecule has 0 saturated carbocycles. The van der Waals surface area contributed by atoms with Crippen molar-refractivity contribution >= 4 is 5.97 Å². The number of rotatable bonds is 3. The molecule has 1 aromatic heterocycles. The molecule has 1 N–H and O–H groups in total. The van der Waals surface area contributed by atoms with E-state index >= 15 is 0 Å². The Labute approximate surface area is 83.7 Å². The third kappa shape index (κ3) is 1.97. The minimum absolute atomic E-state index is 0.0868.